The Morgan fingerprint density at radius 3 is 2.73 bits per heavy atom. The van der Waals surface area contributed by atoms with Crippen molar-refractivity contribution in [3.05, 3.63) is 64.7 Å². The maximum atomic E-state index is 11.9. The van der Waals surface area contributed by atoms with E-state index in [0.717, 1.165) is 34.3 Å². The summed E-state index contributed by atoms with van der Waals surface area (Å²) in [4.78, 5) is 16.6. The number of hydrogen-bond donors (Lipinski definition) is 3. The Kier molecular flexibility index (Phi) is 6.12. The molecule has 0 fully saturated rings. The van der Waals surface area contributed by atoms with Crippen LogP contribution in [0.25, 0.3) is 0 Å². The molecule has 26 heavy (non-hydrogen) atoms. The standard InChI is InChI=1S/C20H23ClN4O/c1-2-22-20(23-12-14-7-9-16(21)10-8-14)24-13-15-11-19(26)25-18-6-4-3-5-17(15)18/h3-10,15H,2,11-13H2,1H3,(H,25,26)(H2,22,23,24). The summed E-state index contributed by atoms with van der Waals surface area (Å²) in [6, 6.07) is 15.6. The van der Waals surface area contributed by atoms with Crippen LogP contribution in [0.5, 0.6) is 0 Å². The number of para-hydroxylation sites is 1. The van der Waals surface area contributed by atoms with E-state index in [1.807, 2.05) is 49.4 Å². The first kappa shape index (κ1) is 18.3. The molecule has 0 saturated carbocycles. The lowest BCUT2D eigenvalue weighted by Crippen LogP contribution is -2.40. The van der Waals surface area contributed by atoms with E-state index in [2.05, 4.69) is 27.0 Å². The summed E-state index contributed by atoms with van der Waals surface area (Å²) in [7, 11) is 0. The third kappa shape index (κ3) is 4.76. The number of guanidine groups is 1. The van der Waals surface area contributed by atoms with Crippen molar-refractivity contribution in [2.24, 2.45) is 4.99 Å². The number of halogens is 1. The fourth-order valence-electron chi connectivity index (χ4n) is 3.01. The number of hydrogen-bond acceptors (Lipinski definition) is 2. The topological polar surface area (TPSA) is 65.5 Å². The highest BCUT2D eigenvalue weighted by molar-refractivity contribution is 6.30. The summed E-state index contributed by atoms with van der Waals surface area (Å²) in [5.74, 6) is 0.920. The van der Waals surface area contributed by atoms with Gasteiger partial charge in [-0.25, -0.2) is 4.99 Å². The van der Waals surface area contributed by atoms with Gasteiger partial charge in [-0.2, -0.15) is 0 Å². The lowest BCUT2D eigenvalue weighted by Gasteiger charge is -2.26. The Bertz CT molecular complexity index is 789. The molecule has 1 unspecified atom stereocenters. The van der Waals surface area contributed by atoms with Gasteiger partial charge >= 0.3 is 0 Å². The van der Waals surface area contributed by atoms with Crippen LogP contribution in [0.15, 0.2) is 53.5 Å². The second kappa shape index (κ2) is 8.72. The summed E-state index contributed by atoms with van der Waals surface area (Å²) < 4.78 is 0. The molecule has 0 aliphatic carbocycles. The molecule has 1 aliphatic rings. The van der Waals surface area contributed by atoms with E-state index < -0.39 is 0 Å². The van der Waals surface area contributed by atoms with Crippen molar-refractivity contribution in [1.29, 1.82) is 0 Å². The first-order chi connectivity index (χ1) is 12.7. The van der Waals surface area contributed by atoms with E-state index in [-0.39, 0.29) is 11.8 Å². The van der Waals surface area contributed by atoms with Crippen LogP contribution < -0.4 is 16.0 Å². The zero-order valence-corrected chi connectivity index (χ0v) is 15.5. The number of amides is 1. The normalized spacial score (nSPS) is 16.6. The zero-order valence-electron chi connectivity index (χ0n) is 14.8. The van der Waals surface area contributed by atoms with Crippen LogP contribution in [0.2, 0.25) is 5.02 Å². The molecule has 1 atom stereocenters. The molecular weight excluding hydrogens is 348 g/mol. The van der Waals surface area contributed by atoms with Gasteiger partial charge in [0.15, 0.2) is 5.96 Å². The molecule has 5 nitrogen and oxygen atoms in total. The molecule has 0 saturated heterocycles. The number of aliphatic imine (C=N–C) groups is 1. The third-order valence-electron chi connectivity index (χ3n) is 4.30. The molecule has 0 radical (unpaired) electrons. The Balaban J connectivity index is 1.66. The van der Waals surface area contributed by atoms with Crippen molar-refractivity contribution >= 4 is 29.2 Å². The number of anilines is 1. The van der Waals surface area contributed by atoms with Crippen molar-refractivity contribution in [2.45, 2.75) is 25.8 Å². The van der Waals surface area contributed by atoms with Crippen molar-refractivity contribution in [2.75, 3.05) is 18.4 Å². The van der Waals surface area contributed by atoms with E-state index >= 15 is 0 Å². The molecule has 1 heterocycles. The highest BCUT2D eigenvalue weighted by Gasteiger charge is 2.24. The highest BCUT2D eigenvalue weighted by Crippen LogP contribution is 2.31. The monoisotopic (exact) mass is 370 g/mol. The molecule has 6 heteroatoms. The summed E-state index contributed by atoms with van der Waals surface area (Å²) in [5, 5.41) is 10.3. The van der Waals surface area contributed by atoms with Gasteiger partial charge in [0.25, 0.3) is 0 Å². The van der Waals surface area contributed by atoms with Crippen LogP contribution in [-0.2, 0) is 11.3 Å². The van der Waals surface area contributed by atoms with Gasteiger partial charge in [0.1, 0.15) is 0 Å². The number of carbonyl (C=O) groups is 1. The molecule has 0 aromatic heterocycles. The number of nitrogens with one attached hydrogen (secondary N) is 3. The minimum atomic E-state index is 0.0543. The lowest BCUT2D eigenvalue weighted by molar-refractivity contribution is -0.116. The second-order valence-electron chi connectivity index (χ2n) is 6.24. The maximum absolute atomic E-state index is 11.9. The Hall–Kier alpha value is -2.53. The SMILES string of the molecule is CCNC(=NCc1ccc(Cl)cc1)NCC1CC(=O)Nc2ccccc21. The van der Waals surface area contributed by atoms with Gasteiger partial charge in [-0.1, -0.05) is 41.9 Å². The highest BCUT2D eigenvalue weighted by atomic mass is 35.5. The van der Waals surface area contributed by atoms with Gasteiger partial charge in [0.05, 0.1) is 6.54 Å². The Morgan fingerprint density at radius 1 is 1.19 bits per heavy atom. The quantitative estimate of drug-likeness (QED) is 0.557. The molecule has 2 aromatic carbocycles. The van der Waals surface area contributed by atoms with Crippen LogP contribution in [-0.4, -0.2) is 25.0 Å². The third-order valence-corrected chi connectivity index (χ3v) is 4.55. The number of benzene rings is 2. The van der Waals surface area contributed by atoms with Crippen molar-refractivity contribution in [3.8, 4) is 0 Å². The summed E-state index contributed by atoms with van der Waals surface area (Å²) in [6.07, 6.45) is 0.473. The van der Waals surface area contributed by atoms with Crippen LogP contribution in [0.1, 0.15) is 30.4 Å². The number of rotatable bonds is 5. The molecule has 0 bridgehead atoms. The van der Waals surface area contributed by atoms with Crippen LogP contribution in [0, 0.1) is 0 Å². The molecule has 136 valence electrons. The van der Waals surface area contributed by atoms with Gasteiger partial charge in [0, 0.05) is 36.1 Å². The van der Waals surface area contributed by atoms with E-state index in [0.29, 0.717) is 19.5 Å². The number of nitrogens with zero attached hydrogens (tertiary/aromatic N) is 1. The minimum absolute atomic E-state index is 0.0543. The average Bonchev–Trinajstić information content (AvgIpc) is 2.65. The first-order valence-corrected chi connectivity index (χ1v) is 9.19. The van der Waals surface area contributed by atoms with Crippen LogP contribution in [0.3, 0.4) is 0 Å². The van der Waals surface area contributed by atoms with Crippen molar-refractivity contribution in [1.82, 2.24) is 10.6 Å². The predicted octanol–water partition coefficient (Wildman–Crippen LogP) is 3.52. The van der Waals surface area contributed by atoms with Crippen LogP contribution in [0.4, 0.5) is 5.69 Å². The van der Waals surface area contributed by atoms with E-state index in [9.17, 15) is 4.79 Å². The van der Waals surface area contributed by atoms with Crippen molar-refractivity contribution in [3.63, 3.8) is 0 Å². The van der Waals surface area contributed by atoms with Crippen molar-refractivity contribution < 1.29 is 4.79 Å². The van der Waals surface area contributed by atoms with Gasteiger partial charge in [-0.3, -0.25) is 4.79 Å². The molecular formula is C20H23ClN4O. The second-order valence-corrected chi connectivity index (χ2v) is 6.68. The summed E-state index contributed by atoms with van der Waals surface area (Å²) in [6.45, 7) is 4.02. The predicted molar refractivity (Wildman–Crippen MR) is 107 cm³/mol. The van der Waals surface area contributed by atoms with E-state index in [1.165, 1.54) is 0 Å². The largest absolute Gasteiger partial charge is 0.357 e. The van der Waals surface area contributed by atoms with Gasteiger partial charge in [0.2, 0.25) is 5.91 Å². The molecule has 1 aliphatic heterocycles. The molecule has 3 rings (SSSR count). The van der Waals surface area contributed by atoms with E-state index in [1.54, 1.807) is 0 Å². The fraction of sp³-hybridized carbons (Fsp3) is 0.300. The molecule has 2 aromatic rings. The molecule has 0 spiro atoms. The Labute approximate surface area is 158 Å². The van der Waals surface area contributed by atoms with Crippen LogP contribution >= 0.6 is 11.6 Å². The average molecular weight is 371 g/mol. The molecule has 1 amide bonds. The maximum Gasteiger partial charge on any atom is 0.225 e. The lowest BCUT2D eigenvalue weighted by atomic mass is 9.90. The zero-order chi connectivity index (χ0) is 18.4. The number of carbonyl (C=O) groups excluding carboxylic acids is 1. The van der Waals surface area contributed by atoms with Gasteiger partial charge in [-0.05, 0) is 36.2 Å². The van der Waals surface area contributed by atoms with E-state index in [4.69, 9.17) is 11.6 Å². The summed E-state index contributed by atoms with van der Waals surface area (Å²) in [5.41, 5.74) is 3.15. The Morgan fingerprint density at radius 2 is 1.96 bits per heavy atom. The van der Waals surface area contributed by atoms with Gasteiger partial charge < -0.3 is 16.0 Å². The first-order valence-electron chi connectivity index (χ1n) is 8.81. The minimum Gasteiger partial charge on any atom is -0.357 e. The van der Waals surface area contributed by atoms with Gasteiger partial charge in [-0.15, -0.1) is 0 Å². The smallest absolute Gasteiger partial charge is 0.225 e. The molecule has 3 N–H and O–H groups in total. The fourth-order valence-corrected chi connectivity index (χ4v) is 3.13. The summed E-state index contributed by atoms with van der Waals surface area (Å²) >= 11 is 5.92. The number of fused-ring (bicyclic) bond motifs is 1.